The quantitative estimate of drug-likeness (QED) is 0.768. The minimum atomic E-state index is -0.260. The minimum Gasteiger partial charge on any atom is -0.299 e. The van der Waals surface area contributed by atoms with E-state index in [9.17, 15) is 9.18 Å². The van der Waals surface area contributed by atoms with Gasteiger partial charge in [-0.2, -0.15) is 0 Å². The molecule has 0 aliphatic carbocycles. The predicted molar refractivity (Wildman–Crippen MR) is 72.4 cm³/mol. The molecular formula is C15H15FOS. The van der Waals surface area contributed by atoms with Crippen LogP contribution in [0.25, 0.3) is 0 Å². The van der Waals surface area contributed by atoms with Crippen molar-refractivity contribution < 1.29 is 9.18 Å². The lowest BCUT2D eigenvalue weighted by Gasteiger charge is -2.01. The van der Waals surface area contributed by atoms with Crippen LogP contribution in [-0.4, -0.2) is 5.78 Å². The van der Waals surface area contributed by atoms with Gasteiger partial charge in [-0.3, -0.25) is 4.79 Å². The van der Waals surface area contributed by atoms with E-state index in [4.69, 9.17) is 0 Å². The molecule has 0 saturated carbocycles. The molecule has 0 aliphatic rings. The van der Waals surface area contributed by atoms with E-state index in [0.29, 0.717) is 12.8 Å². The number of ketones is 1. The predicted octanol–water partition coefficient (Wildman–Crippen LogP) is 4.02. The zero-order valence-corrected chi connectivity index (χ0v) is 10.9. The Hall–Kier alpha value is -1.48. The Kier molecular flexibility index (Phi) is 4.65. The summed E-state index contributed by atoms with van der Waals surface area (Å²) in [4.78, 5) is 13.1. The van der Waals surface area contributed by atoms with Crippen LogP contribution in [-0.2, 0) is 17.6 Å². The maximum Gasteiger partial charge on any atom is 0.137 e. The van der Waals surface area contributed by atoms with Crippen molar-refractivity contribution >= 4 is 17.1 Å². The third kappa shape index (κ3) is 4.08. The zero-order valence-electron chi connectivity index (χ0n) is 10.1. The molecule has 0 amide bonds. The molecule has 0 spiro atoms. The molecule has 0 radical (unpaired) electrons. The molecule has 1 aromatic carbocycles. The second-order valence-electron chi connectivity index (χ2n) is 4.27. The first kappa shape index (κ1) is 13.0. The second kappa shape index (κ2) is 6.45. The number of aryl methyl sites for hydroxylation is 1. The Labute approximate surface area is 110 Å². The van der Waals surface area contributed by atoms with Crippen molar-refractivity contribution in [3.8, 4) is 0 Å². The van der Waals surface area contributed by atoms with Crippen molar-refractivity contribution in [1.29, 1.82) is 0 Å². The number of thiophene rings is 1. The standard InChI is InChI=1S/C15H15FOS/c16-13-8-6-12(7-9-13)11-14(17)3-1-4-15-5-2-10-18-15/h2,5-10H,1,3-4,11H2. The van der Waals surface area contributed by atoms with Gasteiger partial charge in [0.25, 0.3) is 0 Å². The number of hydrogen-bond donors (Lipinski definition) is 0. The fourth-order valence-corrected chi connectivity index (χ4v) is 2.58. The maximum absolute atomic E-state index is 12.7. The first-order valence-corrected chi connectivity index (χ1v) is 6.90. The van der Waals surface area contributed by atoms with Crippen molar-refractivity contribution in [3.63, 3.8) is 0 Å². The molecule has 0 N–H and O–H groups in total. The molecular weight excluding hydrogens is 247 g/mol. The van der Waals surface area contributed by atoms with Gasteiger partial charge >= 0.3 is 0 Å². The van der Waals surface area contributed by atoms with E-state index in [-0.39, 0.29) is 11.6 Å². The van der Waals surface area contributed by atoms with Crippen LogP contribution in [0, 0.1) is 5.82 Å². The Morgan fingerprint density at radius 2 is 1.94 bits per heavy atom. The highest BCUT2D eigenvalue weighted by atomic mass is 32.1. The third-order valence-electron chi connectivity index (χ3n) is 2.77. The highest BCUT2D eigenvalue weighted by Gasteiger charge is 2.04. The van der Waals surface area contributed by atoms with E-state index in [2.05, 4.69) is 11.4 Å². The molecule has 0 saturated heterocycles. The first-order valence-electron chi connectivity index (χ1n) is 6.02. The lowest BCUT2D eigenvalue weighted by molar-refractivity contribution is -0.118. The van der Waals surface area contributed by atoms with Gasteiger partial charge in [-0.25, -0.2) is 4.39 Å². The van der Waals surface area contributed by atoms with Crippen LogP contribution in [0.15, 0.2) is 41.8 Å². The molecule has 94 valence electrons. The molecule has 18 heavy (non-hydrogen) atoms. The van der Waals surface area contributed by atoms with Crippen LogP contribution >= 0.6 is 11.3 Å². The van der Waals surface area contributed by atoms with Crippen LogP contribution in [0.2, 0.25) is 0 Å². The van der Waals surface area contributed by atoms with Gasteiger partial charge in [0, 0.05) is 17.7 Å². The smallest absolute Gasteiger partial charge is 0.137 e. The number of rotatable bonds is 6. The van der Waals surface area contributed by atoms with Gasteiger partial charge in [0.1, 0.15) is 11.6 Å². The Bertz CT molecular complexity index is 488. The van der Waals surface area contributed by atoms with Crippen LogP contribution in [0.3, 0.4) is 0 Å². The van der Waals surface area contributed by atoms with Crippen molar-refractivity contribution in [1.82, 2.24) is 0 Å². The average Bonchev–Trinajstić information content (AvgIpc) is 2.85. The van der Waals surface area contributed by atoms with Crippen molar-refractivity contribution in [2.24, 2.45) is 0 Å². The van der Waals surface area contributed by atoms with Crippen LogP contribution in [0.4, 0.5) is 4.39 Å². The number of Topliss-reactive ketones (excluding diaryl/α,β-unsaturated/α-hetero) is 1. The summed E-state index contributed by atoms with van der Waals surface area (Å²) in [6, 6.07) is 10.3. The minimum absolute atomic E-state index is 0.221. The lowest BCUT2D eigenvalue weighted by Crippen LogP contribution is -2.03. The topological polar surface area (TPSA) is 17.1 Å². The Morgan fingerprint density at radius 1 is 1.17 bits per heavy atom. The monoisotopic (exact) mass is 262 g/mol. The SMILES string of the molecule is O=C(CCCc1cccs1)Cc1ccc(F)cc1. The van der Waals surface area contributed by atoms with Crippen LogP contribution < -0.4 is 0 Å². The molecule has 0 fully saturated rings. The fourth-order valence-electron chi connectivity index (χ4n) is 1.83. The number of halogens is 1. The molecule has 1 heterocycles. The number of hydrogen-bond acceptors (Lipinski definition) is 2. The molecule has 0 aliphatic heterocycles. The maximum atomic E-state index is 12.7. The normalized spacial score (nSPS) is 10.5. The summed E-state index contributed by atoms with van der Waals surface area (Å²) in [7, 11) is 0. The second-order valence-corrected chi connectivity index (χ2v) is 5.31. The lowest BCUT2D eigenvalue weighted by atomic mass is 10.0. The van der Waals surface area contributed by atoms with E-state index in [1.54, 1.807) is 23.5 Å². The van der Waals surface area contributed by atoms with Gasteiger partial charge in [0.15, 0.2) is 0 Å². The van der Waals surface area contributed by atoms with Gasteiger partial charge in [-0.05, 0) is 42.0 Å². The number of carbonyl (C=O) groups excluding carboxylic acids is 1. The van der Waals surface area contributed by atoms with E-state index in [1.165, 1.54) is 17.0 Å². The van der Waals surface area contributed by atoms with Crippen molar-refractivity contribution in [3.05, 3.63) is 58.0 Å². The van der Waals surface area contributed by atoms with Gasteiger partial charge < -0.3 is 0 Å². The Morgan fingerprint density at radius 3 is 2.61 bits per heavy atom. The number of carbonyl (C=O) groups is 1. The summed E-state index contributed by atoms with van der Waals surface area (Å²) in [6.07, 6.45) is 2.85. The number of benzene rings is 1. The summed E-state index contributed by atoms with van der Waals surface area (Å²) in [6.45, 7) is 0. The van der Waals surface area contributed by atoms with Crippen molar-refractivity contribution in [2.45, 2.75) is 25.7 Å². The van der Waals surface area contributed by atoms with Gasteiger partial charge in [-0.1, -0.05) is 18.2 Å². The zero-order chi connectivity index (χ0) is 12.8. The molecule has 0 bridgehead atoms. The molecule has 0 unspecified atom stereocenters. The van der Waals surface area contributed by atoms with E-state index >= 15 is 0 Å². The summed E-state index contributed by atoms with van der Waals surface area (Å²) in [5.74, 6) is -0.0398. The third-order valence-corrected chi connectivity index (χ3v) is 3.71. The van der Waals surface area contributed by atoms with Crippen LogP contribution in [0.5, 0.6) is 0 Å². The summed E-state index contributed by atoms with van der Waals surface area (Å²) in [5, 5.41) is 2.05. The molecule has 0 atom stereocenters. The fraction of sp³-hybridized carbons (Fsp3) is 0.267. The summed E-state index contributed by atoms with van der Waals surface area (Å²) in [5.41, 5.74) is 0.887. The first-order chi connectivity index (χ1) is 8.74. The summed E-state index contributed by atoms with van der Waals surface area (Å²) >= 11 is 1.73. The molecule has 1 nitrogen and oxygen atoms in total. The average molecular weight is 262 g/mol. The van der Waals surface area contributed by atoms with Gasteiger partial charge in [-0.15, -0.1) is 11.3 Å². The Balaban J connectivity index is 1.73. The van der Waals surface area contributed by atoms with E-state index < -0.39 is 0 Å². The molecule has 2 aromatic rings. The van der Waals surface area contributed by atoms with E-state index in [1.807, 2.05) is 6.07 Å². The molecule has 1 aromatic heterocycles. The van der Waals surface area contributed by atoms with E-state index in [0.717, 1.165) is 18.4 Å². The highest BCUT2D eigenvalue weighted by molar-refractivity contribution is 7.09. The van der Waals surface area contributed by atoms with Crippen molar-refractivity contribution in [2.75, 3.05) is 0 Å². The summed E-state index contributed by atoms with van der Waals surface area (Å²) < 4.78 is 12.7. The molecule has 2 rings (SSSR count). The van der Waals surface area contributed by atoms with Crippen LogP contribution in [0.1, 0.15) is 23.3 Å². The largest absolute Gasteiger partial charge is 0.299 e. The molecule has 3 heteroatoms. The van der Waals surface area contributed by atoms with Gasteiger partial charge in [0.2, 0.25) is 0 Å². The van der Waals surface area contributed by atoms with Gasteiger partial charge in [0.05, 0.1) is 0 Å². The highest BCUT2D eigenvalue weighted by Crippen LogP contribution is 2.13.